The van der Waals surface area contributed by atoms with Crippen molar-refractivity contribution in [2.75, 3.05) is 7.11 Å². The molecule has 0 saturated heterocycles. The number of hydrogen-bond donors (Lipinski definition) is 0. The van der Waals surface area contributed by atoms with Crippen LogP contribution in [0.25, 0.3) is 0 Å². The van der Waals surface area contributed by atoms with Crippen LogP contribution >= 0.6 is 0 Å². The summed E-state index contributed by atoms with van der Waals surface area (Å²) < 4.78 is 0. The number of hydrogen-bond acceptors (Lipinski definition) is 2. The third kappa shape index (κ3) is 5.46. The molecule has 0 aromatic heterocycles. The van der Waals surface area contributed by atoms with E-state index in [4.69, 9.17) is 4.84 Å². The first kappa shape index (κ1) is 17.7. The van der Waals surface area contributed by atoms with E-state index in [0.717, 1.165) is 0 Å². The monoisotopic (exact) mass is 263 g/mol. The zero-order valence-electron chi connectivity index (χ0n) is 13.7. The zero-order chi connectivity index (χ0) is 15.1. The minimum atomic E-state index is -0.105. The Labute approximate surface area is 118 Å². The molecular formula is C17H29NO. The highest BCUT2D eigenvalue weighted by atomic mass is 16.6. The molecule has 0 saturated carbocycles. The van der Waals surface area contributed by atoms with E-state index in [0.29, 0.717) is 0 Å². The summed E-state index contributed by atoms with van der Waals surface area (Å²) in [5.41, 5.74) is 2.68. The van der Waals surface area contributed by atoms with Crippen LogP contribution in [0.2, 0.25) is 0 Å². The van der Waals surface area contributed by atoms with Crippen LogP contribution in [0, 0.1) is 0 Å². The minimum Gasteiger partial charge on any atom is -0.399 e. The summed E-state index contributed by atoms with van der Waals surface area (Å²) >= 11 is 0. The number of benzene rings is 1. The Morgan fingerprint density at radius 1 is 0.895 bits per heavy atom. The van der Waals surface area contributed by atoms with Crippen molar-refractivity contribution in [3.63, 3.8) is 0 Å². The maximum absolute atomic E-state index is 4.75. The van der Waals surface area contributed by atoms with Crippen LogP contribution < -0.4 is 0 Å². The van der Waals surface area contributed by atoms with Crippen LogP contribution in [-0.2, 0) is 15.7 Å². The molecule has 1 aromatic rings. The molecule has 0 heterocycles. The molecular weight excluding hydrogens is 234 g/mol. The maximum Gasteiger partial charge on any atom is 0.106 e. The molecule has 1 rings (SSSR count). The molecule has 0 aliphatic heterocycles. The van der Waals surface area contributed by atoms with Gasteiger partial charge in [-0.2, -0.15) is 0 Å². The minimum absolute atomic E-state index is 0.105. The smallest absolute Gasteiger partial charge is 0.106 e. The molecule has 19 heavy (non-hydrogen) atoms. The predicted octanol–water partition coefficient (Wildman–Crippen LogP) is 4.92. The maximum atomic E-state index is 4.75. The van der Waals surface area contributed by atoms with Crippen LogP contribution in [0.15, 0.2) is 29.4 Å². The highest BCUT2D eigenvalue weighted by Crippen LogP contribution is 2.26. The van der Waals surface area contributed by atoms with E-state index in [2.05, 4.69) is 64.0 Å². The van der Waals surface area contributed by atoms with E-state index >= 15 is 0 Å². The lowest BCUT2D eigenvalue weighted by Crippen LogP contribution is -2.19. The number of nitrogens with zero attached hydrogens (tertiary/aromatic N) is 1. The van der Waals surface area contributed by atoms with Gasteiger partial charge in [-0.25, -0.2) is 0 Å². The van der Waals surface area contributed by atoms with Gasteiger partial charge >= 0.3 is 0 Å². The summed E-state index contributed by atoms with van der Waals surface area (Å²) in [6.45, 7) is 14.9. The second-order valence-corrected chi connectivity index (χ2v) is 5.97. The quantitative estimate of drug-likeness (QED) is 0.560. The molecule has 0 bridgehead atoms. The lowest BCUT2D eigenvalue weighted by Gasteiger charge is -2.23. The highest BCUT2D eigenvalue weighted by molar-refractivity contribution is 5.71. The second-order valence-electron chi connectivity index (χ2n) is 5.97. The van der Waals surface area contributed by atoms with Gasteiger partial charge < -0.3 is 4.84 Å². The summed E-state index contributed by atoms with van der Waals surface area (Å²) in [4.78, 5) is 4.75. The largest absolute Gasteiger partial charge is 0.399 e. The average Bonchev–Trinajstić information content (AvgIpc) is 2.38. The van der Waals surface area contributed by atoms with E-state index in [-0.39, 0.29) is 10.8 Å². The Balaban J connectivity index is 0.00000154. The van der Waals surface area contributed by atoms with Crippen molar-refractivity contribution in [2.24, 2.45) is 5.16 Å². The van der Waals surface area contributed by atoms with Gasteiger partial charge in [-0.3, -0.25) is 0 Å². The van der Waals surface area contributed by atoms with Crippen molar-refractivity contribution >= 4 is 6.21 Å². The Hall–Kier alpha value is -1.31. The first-order valence-electron chi connectivity index (χ1n) is 6.96. The Bertz CT molecular complexity index is 383. The van der Waals surface area contributed by atoms with Gasteiger partial charge in [0.2, 0.25) is 0 Å². The predicted molar refractivity (Wildman–Crippen MR) is 85.0 cm³/mol. The average molecular weight is 263 g/mol. The van der Waals surface area contributed by atoms with Crippen LogP contribution in [0.5, 0.6) is 0 Å². The molecule has 0 radical (unpaired) electrons. The van der Waals surface area contributed by atoms with Gasteiger partial charge in [-0.05, 0) is 16.5 Å². The molecule has 0 atom stereocenters. The van der Waals surface area contributed by atoms with Gasteiger partial charge in [-0.15, -0.1) is 0 Å². The van der Waals surface area contributed by atoms with E-state index in [9.17, 15) is 0 Å². The van der Waals surface area contributed by atoms with Crippen molar-refractivity contribution in [1.29, 1.82) is 0 Å². The van der Waals surface area contributed by atoms with Crippen molar-refractivity contribution in [3.05, 3.63) is 35.4 Å². The van der Waals surface area contributed by atoms with Crippen LogP contribution in [0.1, 0.15) is 59.6 Å². The van der Waals surface area contributed by atoms with E-state index in [1.165, 1.54) is 11.1 Å². The standard InChI is InChI=1S/C15H23NO.C2H6/c1-14(2,3)12-7-9-13(10-8-12)15(4,5)11-16-17-6;1-2/h7-11H,1-6H3;1-2H3/b16-11+;. The summed E-state index contributed by atoms with van der Waals surface area (Å²) in [6.07, 6.45) is 1.83. The molecule has 1 aromatic carbocycles. The Morgan fingerprint density at radius 3 is 1.68 bits per heavy atom. The first-order valence-corrected chi connectivity index (χ1v) is 6.96. The lowest BCUT2D eigenvalue weighted by molar-refractivity contribution is 0.213. The third-order valence-electron chi connectivity index (χ3n) is 2.98. The Kier molecular flexibility index (Phi) is 6.82. The summed E-state index contributed by atoms with van der Waals surface area (Å²) in [5.74, 6) is 0. The SMILES string of the molecule is CC.CO/N=C/C(C)(C)c1ccc(C(C)(C)C)cc1. The molecule has 0 N–H and O–H groups in total. The fourth-order valence-corrected chi connectivity index (χ4v) is 1.66. The second kappa shape index (κ2) is 7.32. The van der Waals surface area contributed by atoms with Crippen molar-refractivity contribution < 1.29 is 4.84 Å². The molecule has 108 valence electrons. The van der Waals surface area contributed by atoms with E-state index in [1.807, 2.05) is 20.1 Å². The fraction of sp³-hybridized carbons (Fsp3) is 0.588. The third-order valence-corrected chi connectivity index (χ3v) is 2.98. The normalized spacial score (nSPS) is 12.0. The molecule has 0 aliphatic rings. The molecule has 0 amide bonds. The number of oxime groups is 1. The molecule has 2 nitrogen and oxygen atoms in total. The molecule has 0 spiro atoms. The van der Waals surface area contributed by atoms with Crippen molar-refractivity contribution in [1.82, 2.24) is 0 Å². The van der Waals surface area contributed by atoms with E-state index < -0.39 is 0 Å². The molecule has 2 heteroatoms. The van der Waals surface area contributed by atoms with Crippen molar-refractivity contribution in [2.45, 2.75) is 59.3 Å². The summed E-state index contributed by atoms with van der Waals surface area (Å²) in [7, 11) is 1.56. The number of rotatable bonds is 3. The summed E-state index contributed by atoms with van der Waals surface area (Å²) in [6, 6.07) is 8.72. The van der Waals surface area contributed by atoms with Gasteiger partial charge in [0.15, 0.2) is 0 Å². The van der Waals surface area contributed by atoms with Crippen LogP contribution in [0.3, 0.4) is 0 Å². The van der Waals surface area contributed by atoms with Crippen molar-refractivity contribution in [3.8, 4) is 0 Å². The first-order chi connectivity index (χ1) is 8.77. The lowest BCUT2D eigenvalue weighted by atomic mass is 9.82. The van der Waals surface area contributed by atoms with Gasteiger partial charge in [-0.1, -0.05) is 77.9 Å². The Morgan fingerprint density at radius 2 is 1.32 bits per heavy atom. The van der Waals surface area contributed by atoms with Gasteiger partial charge in [0.25, 0.3) is 0 Å². The van der Waals surface area contributed by atoms with Gasteiger partial charge in [0.05, 0.1) is 6.21 Å². The van der Waals surface area contributed by atoms with E-state index in [1.54, 1.807) is 7.11 Å². The zero-order valence-corrected chi connectivity index (χ0v) is 13.7. The van der Waals surface area contributed by atoms with Gasteiger partial charge in [0, 0.05) is 5.41 Å². The molecule has 0 unspecified atom stereocenters. The molecule has 0 fully saturated rings. The van der Waals surface area contributed by atoms with Gasteiger partial charge in [0.1, 0.15) is 7.11 Å². The van der Waals surface area contributed by atoms with Crippen LogP contribution in [0.4, 0.5) is 0 Å². The fourth-order valence-electron chi connectivity index (χ4n) is 1.66. The van der Waals surface area contributed by atoms with Crippen LogP contribution in [-0.4, -0.2) is 13.3 Å². The topological polar surface area (TPSA) is 21.6 Å². The molecule has 0 aliphatic carbocycles. The highest BCUT2D eigenvalue weighted by Gasteiger charge is 2.20. The summed E-state index contributed by atoms with van der Waals surface area (Å²) in [5, 5.41) is 3.87.